The lowest BCUT2D eigenvalue weighted by Crippen LogP contribution is -2.46. The molecular weight excluding hydrogens is 262 g/mol. The molecule has 1 amide bonds. The molecule has 3 rings (SSSR count). The maximum absolute atomic E-state index is 12.5. The molecule has 0 radical (unpaired) electrons. The number of amides is 1. The number of aliphatic hydroxyl groups excluding tert-OH is 1. The lowest BCUT2D eigenvalue weighted by molar-refractivity contribution is -0.135. The summed E-state index contributed by atoms with van der Waals surface area (Å²) in [5.41, 5.74) is 4.02. The summed E-state index contributed by atoms with van der Waals surface area (Å²) in [6.07, 6.45) is 8.76. The molecule has 3 nitrogen and oxygen atoms in total. The number of rotatable bonds is 5. The van der Waals surface area contributed by atoms with E-state index in [-0.39, 0.29) is 12.5 Å². The van der Waals surface area contributed by atoms with Gasteiger partial charge in [0.25, 0.3) is 0 Å². The Hall–Kier alpha value is -1.35. The highest BCUT2D eigenvalue weighted by atomic mass is 16.3. The van der Waals surface area contributed by atoms with Gasteiger partial charge in [0, 0.05) is 12.6 Å². The largest absolute Gasteiger partial charge is 0.395 e. The molecule has 0 heterocycles. The smallest absolute Gasteiger partial charge is 0.227 e. The van der Waals surface area contributed by atoms with E-state index >= 15 is 0 Å². The molecule has 0 unspecified atom stereocenters. The molecule has 0 spiro atoms. The van der Waals surface area contributed by atoms with Gasteiger partial charge in [0.2, 0.25) is 5.91 Å². The first-order valence-electron chi connectivity index (χ1n) is 8.29. The molecule has 3 heteroatoms. The molecule has 1 aromatic rings. The maximum atomic E-state index is 12.5. The van der Waals surface area contributed by atoms with Gasteiger partial charge in [0.15, 0.2) is 0 Å². The summed E-state index contributed by atoms with van der Waals surface area (Å²) in [4.78, 5) is 14.4. The predicted molar refractivity (Wildman–Crippen MR) is 83.2 cm³/mol. The lowest BCUT2D eigenvalue weighted by atomic mass is 9.89. The first-order valence-corrected chi connectivity index (χ1v) is 8.29. The van der Waals surface area contributed by atoms with Crippen LogP contribution in [0.15, 0.2) is 18.2 Å². The molecule has 1 aromatic carbocycles. The van der Waals surface area contributed by atoms with Crippen molar-refractivity contribution < 1.29 is 9.90 Å². The first kappa shape index (κ1) is 14.6. The predicted octanol–water partition coefficient (Wildman–Crippen LogP) is 2.48. The zero-order valence-electron chi connectivity index (χ0n) is 12.7. The second-order valence-corrected chi connectivity index (χ2v) is 6.38. The second-order valence-electron chi connectivity index (χ2n) is 6.38. The van der Waals surface area contributed by atoms with Gasteiger partial charge in [-0.25, -0.2) is 0 Å². The number of nitrogens with zero attached hydrogens (tertiary/aromatic N) is 1. The average molecular weight is 287 g/mol. The van der Waals surface area contributed by atoms with Gasteiger partial charge in [-0.2, -0.15) is 0 Å². The Kier molecular flexibility index (Phi) is 4.59. The normalized spacial score (nSPS) is 18.0. The fourth-order valence-electron chi connectivity index (χ4n) is 3.49. The Labute approximate surface area is 127 Å². The van der Waals surface area contributed by atoms with Crippen LogP contribution in [0.2, 0.25) is 0 Å². The quantitative estimate of drug-likeness (QED) is 0.904. The molecule has 0 saturated heterocycles. The van der Waals surface area contributed by atoms with Crippen molar-refractivity contribution in [1.82, 2.24) is 4.90 Å². The average Bonchev–Trinajstić information content (AvgIpc) is 2.45. The number of carbonyl (C=O) groups excluding carboxylic acids is 1. The number of fused-ring (bicyclic) bond motifs is 1. The molecule has 1 N–H and O–H groups in total. The topological polar surface area (TPSA) is 40.5 Å². The van der Waals surface area contributed by atoms with Gasteiger partial charge in [-0.1, -0.05) is 18.2 Å². The van der Waals surface area contributed by atoms with Crippen LogP contribution in [0.5, 0.6) is 0 Å². The van der Waals surface area contributed by atoms with E-state index in [0.29, 0.717) is 19.0 Å². The Morgan fingerprint density at radius 1 is 1.14 bits per heavy atom. The summed E-state index contributed by atoms with van der Waals surface area (Å²) in [7, 11) is 0. The van der Waals surface area contributed by atoms with Crippen LogP contribution >= 0.6 is 0 Å². The highest BCUT2D eigenvalue weighted by Gasteiger charge is 2.28. The standard InChI is InChI=1S/C18H25NO2/c20-11-10-19(17-6-3-7-17)18(21)13-14-8-9-15-4-1-2-5-16(15)12-14/h8-9,12,17,20H,1-7,10-11,13H2. The van der Waals surface area contributed by atoms with Gasteiger partial charge in [-0.15, -0.1) is 0 Å². The molecule has 21 heavy (non-hydrogen) atoms. The van der Waals surface area contributed by atoms with E-state index in [0.717, 1.165) is 24.8 Å². The second kappa shape index (κ2) is 6.61. The number of aliphatic hydroxyl groups is 1. The molecule has 2 aliphatic rings. The maximum Gasteiger partial charge on any atom is 0.227 e. The molecule has 0 atom stereocenters. The molecule has 1 saturated carbocycles. The van der Waals surface area contributed by atoms with Crippen LogP contribution in [-0.2, 0) is 24.1 Å². The zero-order valence-corrected chi connectivity index (χ0v) is 12.7. The molecule has 0 aromatic heterocycles. The van der Waals surface area contributed by atoms with Crippen molar-refractivity contribution in [2.75, 3.05) is 13.2 Å². The van der Waals surface area contributed by atoms with Crippen molar-refractivity contribution in [2.24, 2.45) is 0 Å². The fraction of sp³-hybridized carbons (Fsp3) is 0.611. The van der Waals surface area contributed by atoms with Crippen LogP contribution in [-0.4, -0.2) is 35.1 Å². The lowest BCUT2D eigenvalue weighted by Gasteiger charge is -2.37. The minimum Gasteiger partial charge on any atom is -0.395 e. The number of hydrogen-bond donors (Lipinski definition) is 1. The number of hydrogen-bond acceptors (Lipinski definition) is 2. The number of aryl methyl sites for hydroxylation is 2. The summed E-state index contributed by atoms with van der Waals surface area (Å²) >= 11 is 0. The summed E-state index contributed by atoms with van der Waals surface area (Å²) in [6, 6.07) is 6.91. The summed E-state index contributed by atoms with van der Waals surface area (Å²) in [6.45, 7) is 0.543. The molecule has 0 bridgehead atoms. The first-order chi connectivity index (χ1) is 10.3. The Morgan fingerprint density at radius 3 is 2.57 bits per heavy atom. The van der Waals surface area contributed by atoms with Gasteiger partial charge in [0.1, 0.15) is 0 Å². The number of carbonyl (C=O) groups is 1. The van der Waals surface area contributed by atoms with Gasteiger partial charge >= 0.3 is 0 Å². The Bertz CT molecular complexity index is 508. The Balaban J connectivity index is 1.68. The van der Waals surface area contributed by atoms with Crippen molar-refractivity contribution in [1.29, 1.82) is 0 Å². The summed E-state index contributed by atoms with van der Waals surface area (Å²) in [5.74, 6) is 0.171. The van der Waals surface area contributed by atoms with Crippen molar-refractivity contribution in [3.05, 3.63) is 34.9 Å². The van der Waals surface area contributed by atoms with Crippen molar-refractivity contribution in [3.63, 3.8) is 0 Å². The number of benzene rings is 1. The van der Waals surface area contributed by atoms with Gasteiger partial charge < -0.3 is 10.0 Å². The molecular formula is C18H25NO2. The third-order valence-electron chi connectivity index (χ3n) is 4.94. The van der Waals surface area contributed by atoms with Crippen LogP contribution in [0.4, 0.5) is 0 Å². The van der Waals surface area contributed by atoms with Crippen LogP contribution in [0, 0.1) is 0 Å². The van der Waals surface area contributed by atoms with E-state index in [4.69, 9.17) is 0 Å². The zero-order chi connectivity index (χ0) is 14.7. The van der Waals surface area contributed by atoms with Crippen LogP contribution < -0.4 is 0 Å². The van der Waals surface area contributed by atoms with Crippen molar-refractivity contribution in [3.8, 4) is 0 Å². The SMILES string of the molecule is O=C(Cc1ccc2c(c1)CCCC2)N(CCO)C1CCC1. The highest BCUT2D eigenvalue weighted by molar-refractivity contribution is 5.79. The van der Waals surface area contributed by atoms with E-state index in [1.165, 1.54) is 36.8 Å². The minimum absolute atomic E-state index is 0.0619. The molecule has 0 aliphatic heterocycles. The highest BCUT2D eigenvalue weighted by Crippen LogP contribution is 2.26. The van der Waals surface area contributed by atoms with Crippen LogP contribution in [0.1, 0.15) is 48.8 Å². The minimum atomic E-state index is 0.0619. The van der Waals surface area contributed by atoms with E-state index in [2.05, 4.69) is 18.2 Å². The third kappa shape index (κ3) is 3.29. The van der Waals surface area contributed by atoms with E-state index in [1.807, 2.05) is 4.90 Å². The van der Waals surface area contributed by atoms with Crippen LogP contribution in [0.3, 0.4) is 0 Å². The van der Waals surface area contributed by atoms with E-state index in [1.54, 1.807) is 0 Å². The van der Waals surface area contributed by atoms with E-state index < -0.39 is 0 Å². The summed E-state index contributed by atoms with van der Waals surface area (Å²) < 4.78 is 0. The molecule has 2 aliphatic carbocycles. The van der Waals surface area contributed by atoms with Gasteiger partial charge in [-0.3, -0.25) is 4.79 Å². The van der Waals surface area contributed by atoms with E-state index in [9.17, 15) is 9.90 Å². The fourth-order valence-corrected chi connectivity index (χ4v) is 3.49. The molecule has 1 fully saturated rings. The summed E-state index contributed by atoms with van der Waals surface area (Å²) in [5, 5.41) is 9.18. The van der Waals surface area contributed by atoms with Crippen molar-refractivity contribution in [2.45, 2.75) is 57.4 Å². The molecule has 114 valence electrons. The Morgan fingerprint density at radius 2 is 1.90 bits per heavy atom. The van der Waals surface area contributed by atoms with Gasteiger partial charge in [-0.05, 0) is 61.6 Å². The monoisotopic (exact) mass is 287 g/mol. The van der Waals surface area contributed by atoms with Gasteiger partial charge in [0.05, 0.1) is 13.0 Å². The van der Waals surface area contributed by atoms with Crippen molar-refractivity contribution >= 4 is 5.91 Å². The third-order valence-corrected chi connectivity index (χ3v) is 4.94. The van der Waals surface area contributed by atoms with Crippen LogP contribution in [0.25, 0.3) is 0 Å².